The van der Waals surface area contributed by atoms with Crippen LogP contribution in [0.1, 0.15) is 12.6 Å². The first-order valence-electron chi connectivity index (χ1n) is 7.79. The summed E-state index contributed by atoms with van der Waals surface area (Å²) < 4.78 is 20.9. The Morgan fingerprint density at radius 3 is 2.92 bits per heavy atom. The molecule has 0 saturated carbocycles. The molecule has 8 nitrogen and oxygen atoms in total. The van der Waals surface area contributed by atoms with Gasteiger partial charge >= 0.3 is 0 Å². The average Bonchev–Trinajstić information content (AvgIpc) is 3.05. The molecule has 0 amide bonds. The van der Waals surface area contributed by atoms with Crippen LogP contribution in [0.5, 0.6) is 5.75 Å². The maximum Gasteiger partial charge on any atom is 0.229 e. The Morgan fingerprint density at radius 1 is 1.38 bits per heavy atom. The third kappa shape index (κ3) is 3.77. The molecule has 0 spiro atoms. The lowest BCUT2D eigenvalue weighted by molar-refractivity contribution is 0.384. The molecule has 0 aliphatic carbocycles. The van der Waals surface area contributed by atoms with Crippen LogP contribution in [0.3, 0.4) is 0 Å². The van der Waals surface area contributed by atoms with Gasteiger partial charge < -0.3 is 20.8 Å². The number of ether oxygens (including phenoxy) is 1. The highest BCUT2D eigenvalue weighted by atomic mass is 19.1. The van der Waals surface area contributed by atoms with Crippen molar-refractivity contribution in [3.63, 3.8) is 0 Å². The Labute approximate surface area is 151 Å². The molecule has 2 aromatic heterocycles. The second-order valence-corrected chi connectivity index (χ2v) is 5.46. The van der Waals surface area contributed by atoms with Crippen molar-refractivity contribution in [3.8, 4) is 5.75 Å². The zero-order valence-electron chi connectivity index (χ0n) is 14.3. The normalized spacial score (nSPS) is 10.4. The van der Waals surface area contributed by atoms with Crippen LogP contribution in [-0.2, 0) is 13.6 Å². The molecule has 0 aliphatic heterocycles. The lowest BCUT2D eigenvalue weighted by atomic mass is 10.2. The number of benzene rings is 1. The standard InChI is InChI=1S/C17H18FN7O.H2/c1-25-10-13(9-22-25)23-17-21-8-12(6-19)16(24-17)20-7-11-4-3-5-14(26-2)15(11)18;/h3-6,8-10,19H,7H2,1-2H3,(H2,20,21,23,24);1H. The topological polar surface area (TPSA) is 101 Å². The van der Waals surface area contributed by atoms with Gasteiger partial charge in [0.2, 0.25) is 5.95 Å². The highest BCUT2D eigenvalue weighted by Crippen LogP contribution is 2.22. The molecule has 0 bridgehead atoms. The monoisotopic (exact) mass is 357 g/mol. The highest BCUT2D eigenvalue weighted by molar-refractivity contribution is 5.84. The molecular weight excluding hydrogens is 337 g/mol. The zero-order chi connectivity index (χ0) is 18.5. The van der Waals surface area contributed by atoms with Crippen LogP contribution >= 0.6 is 0 Å². The maximum atomic E-state index is 14.3. The Bertz CT molecular complexity index is 931. The number of anilines is 3. The Morgan fingerprint density at radius 2 is 2.23 bits per heavy atom. The van der Waals surface area contributed by atoms with E-state index in [0.29, 0.717) is 22.9 Å². The number of nitrogens with one attached hydrogen (secondary N) is 3. The summed E-state index contributed by atoms with van der Waals surface area (Å²) in [7, 11) is 3.23. The van der Waals surface area contributed by atoms with Gasteiger partial charge in [-0.15, -0.1) is 0 Å². The van der Waals surface area contributed by atoms with E-state index in [0.717, 1.165) is 11.9 Å². The second-order valence-electron chi connectivity index (χ2n) is 5.46. The van der Waals surface area contributed by atoms with Gasteiger partial charge in [0, 0.05) is 39.2 Å². The van der Waals surface area contributed by atoms with Crippen molar-refractivity contribution in [3.05, 3.63) is 53.7 Å². The van der Waals surface area contributed by atoms with Crippen molar-refractivity contribution < 1.29 is 10.6 Å². The van der Waals surface area contributed by atoms with Gasteiger partial charge in [-0.2, -0.15) is 10.1 Å². The molecular formula is C17H20FN7O. The number of hydrogen-bond acceptors (Lipinski definition) is 7. The molecule has 2 heterocycles. The number of nitrogens with zero attached hydrogens (tertiary/aromatic N) is 4. The zero-order valence-corrected chi connectivity index (χ0v) is 14.3. The van der Waals surface area contributed by atoms with Crippen molar-refractivity contribution in [1.82, 2.24) is 19.7 Å². The van der Waals surface area contributed by atoms with Gasteiger partial charge in [-0.1, -0.05) is 12.1 Å². The minimum Gasteiger partial charge on any atom is -0.494 e. The van der Waals surface area contributed by atoms with Gasteiger partial charge in [-0.3, -0.25) is 4.68 Å². The van der Waals surface area contributed by atoms with Crippen LogP contribution in [0.15, 0.2) is 36.8 Å². The summed E-state index contributed by atoms with van der Waals surface area (Å²) in [6.45, 7) is 0.188. The third-order valence-corrected chi connectivity index (χ3v) is 3.64. The molecule has 3 aromatic rings. The molecule has 3 N–H and O–H groups in total. The van der Waals surface area contributed by atoms with E-state index in [2.05, 4.69) is 25.7 Å². The summed E-state index contributed by atoms with van der Waals surface area (Å²) in [6.07, 6.45) is 6.08. The minimum atomic E-state index is -0.429. The molecule has 0 radical (unpaired) electrons. The number of hydrogen-bond donors (Lipinski definition) is 3. The lowest BCUT2D eigenvalue weighted by Crippen LogP contribution is -2.09. The highest BCUT2D eigenvalue weighted by Gasteiger charge is 2.11. The lowest BCUT2D eigenvalue weighted by Gasteiger charge is -2.12. The number of rotatable bonds is 7. The van der Waals surface area contributed by atoms with E-state index in [1.54, 1.807) is 42.3 Å². The first-order valence-corrected chi connectivity index (χ1v) is 7.79. The second kappa shape index (κ2) is 7.60. The molecule has 9 heteroatoms. The molecule has 136 valence electrons. The maximum absolute atomic E-state index is 14.3. The van der Waals surface area contributed by atoms with Crippen LogP contribution in [0.25, 0.3) is 0 Å². The number of methoxy groups -OCH3 is 1. The van der Waals surface area contributed by atoms with Gasteiger partial charge in [0.25, 0.3) is 0 Å². The summed E-state index contributed by atoms with van der Waals surface area (Å²) in [5, 5.41) is 17.6. The Kier molecular flexibility index (Phi) is 5.07. The molecule has 0 saturated heterocycles. The van der Waals surface area contributed by atoms with E-state index in [1.165, 1.54) is 13.3 Å². The molecule has 0 fully saturated rings. The summed E-state index contributed by atoms with van der Waals surface area (Å²) >= 11 is 0. The Balaban J connectivity index is 0.00000261. The molecule has 1 aromatic carbocycles. The van der Waals surface area contributed by atoms with Gasteiger partial charge in [-0.05, 0) is 6.07 Å². The van der Waals surface area contributed by atoms with Crippen molar-refractivity contribution in [2.45, 2.75) is 6.54 Å². The van der Waals surface area contributed by atoms with E-state index >= 15 is 0 Å². The van der Waals surface area contributed by atoms with Crippen molar-refractivity contribution >= 4 is 23.7 Å². The first kappa shape index (κ1) is 17.3. The summed E-state index contributed by atoms with van der Waals surface area (Å²) in [4.78, 5) is 8.53. The van der Waals surface area contributed by atoms with Crippen LogP contribution in [0.4, 0.5) is 21.8 Å². The molecule has 0 atom stereocenters. The van der Waals surface area contributed by atoms with Gasteiger partial charge in [0.15, 0.2) is 11.6 Å². The summed E-state index contributed by atoms with van der Waals surface area (Å²) in [5.41, 5.74) is 1.66. The minimum absolute atomic E-state index is 0. The fraction of sp³-hybridized carbons (Fsp3) is 0.176. The van der Waals surface area contributed by atoms with E-state index in [4.69, 9.17) is 10.1 Å². The van der Waals surface area contributed by atoms with Crippen LogP contribution in [0, 0.1) is 11.2 Å². The predicted molar refractivity (Wildman–Crippen MR) is 98.8 cm³/mol. The first-order chi connectivity index (χ1) is 12.6. The van der Waals surface area contributed by atoms with E-state index < -0.39 is 5.82 Å². The smallest absolute Gasteiger partial charge is 0.229 e. The predicted octanol–water partition coefficient (Wildman–Crippen LogP) is 2.96. The number of halogens is 1. The molecule has 26 heavy (non-hydrogen) atoms. The number of aryl methyl sites for hydroxylation is 1. The van der Waals surface area contributed by atoms with Gasteiger partial charge in [0.1, 0.15) is 5.82 Å². The molecule has 0 unspecified atom stereocenters. The molecule has 3 rings (SSSR count). The van der Waals surface area contributed by atoms with E-state index in [9.17, 15) is 4.39 Å². The fourth-order valence-corrected chi connectivity index (χ4v) is 2.34. The van der Waals surface area contributed by atoms with Gasteiger partial charge in [0.05, 0.1) is 24.6 Å². The third-order valence-electron chi connectivity index (χ3n) is 3.64. The van der Waals surface area contributed by atoms with Crippen molar-refractivity contribution in [2.75, 3.05) is 17.7 Å². The van der Waals surface area contributed by atoms with Crippen molar-refractivity contribution in [1.29, 1.82) is 5.41 Å². The summed E-state index contributed by atoms with van der Waals surface area (Å²) in [5.74, 6) is 0.515. The quantitative estimate of drug-likeness (QED) is 0.562. The fourth-order valence-electron chi connectivity index (χ4n) is 2.34. The van der Waals surface area contributed by atoms with Crippen molar-refractivity contribution in [2.24, 2.45) is 7.05 Å². The molecule has 0 aliphatic rings. The van der Waals surface area contributed by atoms with Crippen LogP contribution in [-0.4, -0.2) is 33.1 Å². The van der Waals surface area contributed by atoms with Gasteiger partial charge in [-0.25, -0.2) is 9.37 Å². The van der Waals surface area contributed by atoms with E-state index in [-0.39, 0.29) is 13.7 Å². The average molecular weight is 357 g/mol. The van der Waals surface area contributed by atoms with Crippen LogP contribution < -0.4 is 15.4 Å². The van der Waals surface area contributed by atoms with E-state index in [1.807, 2.05) is 0 Å². The van der Waals surface area contributed by atoms with Crippen LogP contribution in [0.2, 0.25) is 0 Å². The Hall–Kier alpha value is -3.49. The SMILES string of the molecule is COc1cccc(CNc2nc(Nc3cnn(C)c3)ncc2C=N)c1F.[HH]. The summed E-state index contributed by atoms with van der Waals surface area (Å²) in [6, 6.07) is 4.93. The largest absolute Gasteiger partial charge is 0.494 e. The number of aromatic nitrogens is 4.